The normalized spacial score (nSPS) is 11.9. The largest absolute Gasteiger partial charge is 0.507 e. The Morgan fingerprint density at radius 1 is 1.24 bits per heavy atom. The number of aromatic nitrogens is 1. The molecule has 21 heavy (non-hydrogen) atoms. The van der Waals surface area contributed by atoms with Crippen molar-refractivity contribution in [1.29, 1.82) is 0 Å². The van der Waals surface area contributed by atoms with Crippen LogP contribution in [-0.2, 0) is 12.8 Å². The first-order valence-electron chi connectivity index (χ1n) is 8.10. The molecule has 2 N–H and O–H groups in total. The number of hydrogen-bond donors (Lipinski definition) is 2. The van der Waals surface area contributed by atoms with Crippen LogP contribution in [0.5, 0.6) is 5.75 Å². The van der Waals surface area contributed by atoms with E-state index in [0.29, 0.717) is 12.0 Å². The van der Waals surface area contributed by atoms with Gasteiger partial charge in [-0.3, -0.25) is 4.79 Å². The van der Waals surface area contributed by atoms with Crippen LogP contribution in [0.1, 0.15) is 69.7 Å². The van der Waals surface area contributed by atoms with Crippen LogP contribution in [0.25, 0.3) is 0 Å². The quantitative estimate of drug-likeness (QED) is 0.550. The number of unbranched alkanes of at least 4 members (excludes halogenated alkanes) is 2. The predicted octanol–water partition coefficient (Wildman–Crippen LogP) is 4.41. The minimum Gasteiger partial charge on any atom is -0.507 e. The molecule has 118 valence electrons. The average Bonchev–Trinajstić information content (AvgIpc) is 2.46. The first-order chi connectivity index (χ1) is 10.0. The lowest BCUT2D eigenvalue weighted by molar-refractivity contribution is 0.459. The third-order valence-corrected chi connectivity index (χ3v) is 3.94. The van der Waals surface area contributed by atoms with Gasteiger partial charge in [-0.1, -0.05) is 44.8 Å². The number of nitrogens with one attached hydrogen (secondary N) is 1. The van der Waals surface area contributed by atoms with Crippen LogP contribution in [-0.4, -0.2) is 10.1 Å². The maximum absolute atomic E-state index is 11.8. The second kappa shape index (κ2) is 8.71. The molecule has 0 saturated carbocycles. The van der Waals surface area contributed by atoms with Gasteiger partial charge in [0.05, 0.1) is 5.56 Å². The molecule has 0 bridgehead atoms. The van der Waals surface area contributed by atoms with Crippen molar-refractivity contribution in [3.8, 4) is 5.75 Å². The standard InChI is InChI=1S/C18H29NO2/c1-5-7-8-10-13(3)11-12-16-15(9-6-2)17(20)14(4)18(21)19-16/h11H,5-10,12H2,1-4H3,(H2,19,20,21)/b13-11+. The molecule has 3 nitrogen and oxygen atoms in total. The summed E-state index contributed by atoms with van der Waals surface area (Å²) < 4.78 is 0. The van der Waals surface area contributed by atoms with Crippen molar-refractivity contribution in [2.45, 2.75) is 72.6 Å². The predicted molar refractivity (Wildman–Crippen MR) is 89.1 cm³/mol. The van der Waals surface area contributed by atoms with E-state index in [-0.39, 0.29) is 11.3 Å². The third kappa shape index (κ3) is 5.07. The van der Waals surface area contributed by atoms with Gasteiger partial charge in [-0.2, -0.15) is 0 Å². The average molecular weight is 291 g/mol. The van der Waals surface area contributed by atoms with Crippen LogP contribution >= 0.6 is 0 Å². The lowest BCUT2D eigenvalue weighted by atomic mass is 10.0. The summed E-state index contributed by atoms with van der Waals surface area (Å²) in [5, 5.41) is 10.2. The lowest BCUT2D eigenvalue weighted by Gasteiger charge is -2.11. The fourth-order valence-electron chi connectivity index (χ4n) is 2.51. The van der Waals surface area contributed by atoms with Gasteiger partial charge < -0.3 is 10.1 Å². The van der Waals surface area contributed by atoms with Crippen molar-refractivity contribution in [2.75, 3.05) is 0 Å². The summed E-state index contributed by atoms with van der Waals surface area (Å²) in [5.74, 6) is 0.174. The fourth-order valence-corrected chi connectivity index (χ4v) is 2.51. The van der Waals surface area contributed by atoms with E-state index in [1.807, 2.05) is 0 Å². The van der Waals surface area contributed by atoms with Crippen molar-refractivity contribution < 1.29 is 5.11 Å². The topological polar surface area (TPSA) is 53.1 Å². The van der Waals surface area contributed by atoms with Crippen molar-refractivity contribution in [3.63, 3.8) is 0 Å². The SMILES string of the molecule is CCCCC/C(C)=C/Cc1[nH]c(=O)c(C)c(O)c1CCC. The summed E-state index contributed by atoms with van der Waals surface area (Å²) >= 11 is 0. The van der Waals surface area contributed by atoms with Gasteiger partial charge >= 0.3 is 0 Å². The second-order valence-electron chi connectivity index (χ2n) is 5.85. The highest BCUT2D eigenvalue weighted by atomic mass is 16.3. The van der Waals surface area contributed by atoms with E-state index in [9.17, 15) is 9.90 Å². The molecule has 0 aliphatic rings. The van der Waals surface area contributed by atoms with Crippen LogP contribution < -0.4 is 5.56 Å². The number of pyridine rings is 1. The summed E-state index contributed by atoms with van der Waals surface area (Å²) in [6.45, 7) is 8.09. The Bertz CT molecular complexity index is 541. The summed E-state index contributed by atoms with van der Waals surface area (Å²) in [6, 6.07) is 0. The summed E-state index contributed by atoms with van der Waals surface area (Å²) in [7, 11) is 0. The molecule has 0 aromatic carbocycles. The van der Waals surface area contributed by atoms with Gasteiger partial charge in [-0.25, -0.2) is 0 Å². The monoisotopic (exact) mass is 291 g/mol. The molecule has 0 fully saturated rings. The molecule has 0 unspecified atom stereocenters. The lowest BCUT2D eigenvalue weighted by Crippen LogP contribution is -2.15. The van der Waals surface area contributed by atoms with Crippen molar-refractivity contribution in [1.82, 2.24) is 4.98 Å². The zero-order valence-corrected chi connectivity index (χ0v) is 13.9. The van der Waals surface area contributed by atoms with Gasteiger partial charge in [0.15, 0.2) is 0 Å². The molecule has 0 aliphatic heterocycles. The van der Waals surface area contributed by atoms with E-state index in [2.05, 4.69) is 31.8 Å². The summed E-state index contributed by atoms with van der Waals surface area (Å²) in [4.78, 5) is 14.8. The van der Waals surface area contributed by atoms with Crippen LogP contribution in [0.3, 0.4) is 0 Å². The molecule has 1 aromatic heterocycles. The van der Waals surface area contributed by atoms with Gasteiger partial charge in [-0.05, 0) is 33.1 Å². The molecule has 0 aliphatic carbocycles. The highest BCUT2D eigenvalue weighted by Gasteiger charge is 2.12. The first kappa shape index (κ1) is 17.5. The minimum absolute atomic E-state index is 0.174. The van der Waals surface area contributed by atoms with E-state index >= 15 is 0 Å². The minimum atomic E-state index is -0.181. The molecule has 0 radical (unpaired) electrons. The van der Waals surface area contributed by atoms with E-state index < -0.39 is 0 Å². The Labute approximate surface area is 128 Å². The Morgan fingerprint density at radius 2 is 1.95 bits per heavy atom. The molecule has 0 amide bonds. The number of aromatic amines is 1. The van der Waals surface area contributed by atoms with Gasteiger partial charge in [0.1, 0.15) is 5.75 Å². The molecule has 1 heterocycles. The fraction of sp³-hybridized carbons (Fsp3) is 0.611. The molecule has 0 spiro atoms. The van der Waals surface area contributed by atoms with Crippen LogP contribution in [0.4, 0.5) is 0 Å². The number of rotatable bonds is 8. The highest BCUT2D eigenvalue weighted by molar-refractivity contribution is 5.41. The summed E-state index contributed by atoms with van der Waals surface area (Å²) in [6.07, 6.45) is 9.43. The maximum Gasteiger partial charge on any atom is 0.254 e. The number of allylic oxidation sites excluding steroid dienone is 2. The van der Waals surface area contributed by atoms with E-state index in [1.165, 1.54) is 24.8 Å². The van der Waals surface area contributed by atoms with Crippen molar-refractivity contribution >= 4 is 0 Å². The Morgan fingerprint density at radius 3 is 2.57 bits per heavy atom. The van der Waals surface area contributed by atoms with Crippen molar-refractivity contribution in [3.05, 3.63) is 38.8 Å². The molecule has 1 aromatic rings. The molecule has 0 saturated heterocycles. The smallest absolute Gasteiger partial charge is 0.254 e. The highest BCUT2D eigenvalue weighted by Crippen LogP contribution is 2.24. The molecule has 1 rings (SSSR count). The molecular formula is C18H29NO2. The maximum atomic E-state index is 11.8. The van der Waals surface area contributed by atoms with Gasteiger partial charge in [-0.15, -0.1) is 0 Å². The van der Waals surface area contributed by atoms with Crippen LogP contribution in [0, 0.1) is 6.92 Å². The first-order valence-corrected chi connectivity index (χ1v) is 8.10. The summed E-state index contributed by atoms with van der Waals surface area (Å²) in [5.41, 5.74) is 3.35. The van der Waals surface area contributed by atoms with Crippen LogP contribution in [0.2, 0.25) is 0 Å². The van der Waals surface area contributed by atoms with E-state index in [1.54, 1.807) is 6.92 Å². The van der Waals surface area contributed by atoms with Crippen LogP contribution in [0.15, 0.2) is 16.4 Å². The molecule has 3 heteroatoms. The van der Waals surface area contributed by atoms with Crippen molar-refractivity contribution in [2.24, 2.45) is 0 Å². The Hall–Kier alpha value is -1.51. The number of hydrogen-bond acceptors (Lipinski definition) is 2. The Kier molecular flexibility index (Phi) is 7.27. The zero-order chi connectivity index (χ0) is 15.8. The molecular weight excluding hydrogens is 262 g/mol. The second-order valence-corrected chi connectivity index (χ2v) is 5.85. The van der Waals surface area contributed by atoms with Gasteiger partial charge in [0, 0.05) is 17.7 Å². The van der Waals surface area contributed by atoms with E-state index in [0.717, 1.165) is 30.5 Å². The third-order valence-electron chi connectivity index (χ3n) is 3.94. The van der Waals surface area contributed by atoms with Gasteiger partial charge in [0.2, 0.25) is 0 Å². The zero-order valence-electron chi connectivity index (χ0n) is 13.9. The number of H-pyrrole nitrogens is 1. The molecule has 0 atom stereocenters. The Balaban J connectivity index is 2.92. The number of aromatic hydroxyl groups is 1. The van der Waals surface area contributed by atoms with Gasteiger partial charge in [0.25, 0.3) is 5.56 Å². The van der Waals surface area contributed by atoms with E-state index in [4.69, 9.17) is 0 Å².